The van der Waals surface area contributed by atoms with Crippen molar-refractivity contribution in [1.29, 1.82) is 0 Å². The van der Waals surface area contributed by atoms with Crippen LogP contribution in [0.3, 0.4) is 0 Å². The smallest absolute Gasteiger partial charge is 0.164 e. The Labute approximate surface area is 183 Å². The van der Waals surface area contributed by atoms with Gasteiger partial charge in [-0.2, -0.15) is 0 Å². The van der Waals surface area contributed by atoms with Crippen molar-refractivity contribution in [2.24, 2.45) is 17.8 Å². The van der Waals surface area contributed by atoms with Gasteiger partial charge in [0.15, 0.2) is 5.97 Å². The Hall–Kier alpha value is -0.0657. The summed E-state index contributed by atoms with van der Waals surface area (Å²) in [5.41, 5.74) is 0. The molecule has 1 aliphatic rings. The summed E-state index contributed by atoms with van der Waals surface area (Å²) in [6.45, 7) is 20.2. The minimum atomic E-state index is -0.380. The molecule has 3 N–H and O–H groups in total. The molecule has 164 valence electrons. The summed E-state index contributed by atoms with van der Waals surface area (Å²) in [7, 11) is 0. The zero-order valence-corrected chi connectivity index (χ0v) is 20.6. The summed E-state index contributed by atoms with van der Waals surface area (Å²) in [6.07, 6.45) is 3.04. The van der Waals surface area contributed by atoms with Crippen molar-refractivity contribution in [1.82, 2.24) is 0 Å². The van der Waals surface area contributed by atoms with Crippen LogP contribution in [0.15, 0.2) is 0 Å². The largest absolute Gasteiger partial charge is 0.485 e. The number of ether oxygens (including phenoxy) is 1. The molecule has 1 fully saturated rings. The topological polar surface area (TPSA) is 87.0 Å². The molecular weight excluding hydrogens is 380 g/mol. The first-order valence-electron chi connectivity index (χ1n) is 9.77. The van der Waals surface area contributed by atoms with Crippen LogP contribution in [-0.4, -0.2) is 45.7 Å². The second kappa shape index (κ2) is 20.7. The molecule has 0 aliphatic heterocycles. The Balaban J connectivity index is -0.000000169. The molecule has 6 heteroatoms. The number of aliphatic hydroxyl groups excluding tert-OH is 3. The van der Waals surface area contributed by atoms with Gasteiger partial charge in [-0.05, 0) is 72.1 Å². The third-order valence-corrected chi connectivity index (χ3v) is 3.24. The molecule has 0 aromatic rings. The first-order valence-corrected chi connectivity index (χ1v) is 9.77. The molecule has 5 nitrogen and oxygen atoms in total. The number of hydrogen-bond acceptors (Lipinski definition) is 5. The van der Waals surface area contributed by atoms with E-state index in [1.165, 1.54) is 12.8 Å². The summed E-state index contributed by atoms with van der Waals surface area (Å²) in [4.78, 5) is 10.9. The predicted octanol–water partition coefficient (Wildman–Crippen LogP) is 3.98. The van der Waals surface area contributed by atoms with Gasteiger partial charge in [-0.1, -0.05) is 27.2 Å². The molecule has 0 aromatic heterocycles. The van der Waals surface area contributed by atoms with E-state index < -0.39 is 0 Å². The number of carbonyl (C=O) groups excluding carboxylic acids is 1. The van der Waals surface area contributed by atoms with Crippen molar-refractivity contribution in [2.75, 3.05) is 0 Å². The Morgan fingerprint density at radius 1 is 0.889 bits per heavy atom. The first kappa shape index (κ1) is 34.4. The van der Waals surface area contributed by atoms with Crippen molar-refractivity contribution in [3.05, 3.63) is 6.92 Å². The van der Waals surface area contributed by atoms with Crippen LogP contribution in [0.4, 0.5) is 0 Å². The molecule has 0 spiro atoms. The van der Waals surface area contributed by atoms with Gasteiger partial charge in [0.05, 0.1) is 0 Å². The second-order valence-corrected chi connectivity index (χ2v) is 8.14. The van der Waals surface area contributed by atoms with Crippen LogP contribution < -0.4 is 0 Å². The molecule has 0 saturated heterocycles. The normalized spacial score (nSPS) is 21.1. The second-order valence-electron chi connectivity index (χ2n) is 8.14. The number of carbonyl (C=O) groups is 1. The third-order valence-electron chi connectivity index (χ3n) is 3.24. The summed E-state index contributed by atoms with van der Waals surface area (Å²) in [5, 5.41) is 24.2. The molecule has 0 unspecified atom stereocenters. The molecule has 3 atom stereocenters. The Morgan fingerprint density at radius 3 is 1.48 bits per heavy atom. The van der Waals surface area contributed by atoms with Gasteiger partial charge in [0.1, 0.15) is 6.10 Å². The maximum absolute atomic E-state index is 10.9. The van der Waals surface area contributed by atoms with Gasteiger partial charge in [0, 0.05) is 40.0 Å². The Morgan fingerprint density at radius 2 is 1.22 bits per heavy atom. The van der Waals surface area contributed by atoms with E-state index in [1.54, 1.807) is 41.5 Å². The fourth-order valence-electron chi connectivity index (χ4n) is 2.42. The average Bonchev–Trinajstić information content (AvgIpc) is 2.35. The first-order chi connectivity index (χ1) is 11.7. The van der Waals surface area contributed by atoms with Gasteiger partial charge in [0.25, 0.3) is 0 Å². The summed E-state index contributed by atoms with van der Waals surface area (Å²) in [5.74, 6) is 1.41. The van der Waals surface area contributed by atoms with Gasteiger partial charge in [-0.25, -0.2) is 0 Å². The zero-order valence-electron chi connectivity index (χ0n) is 19.0. The van der Waals surface area contributed by atoms with E-state index in [0.717, 1.165) is 6.42 Å². The number of esters is 1. The van der Waals surface area contributed by atoms with Crippen LogP contribution >= 0.6 is 0 Å². The number of hydrogen-bond donors (Lipinski definition) is 3. The van der Waals surface area contributed by atoms with Crippen molar-refractivity contribution >= 4 is 5.97 Å². The van der Waals surface area contributed by atoms with E-state index >= 15 is 0 Å². The molecule has 0 radical (unpaired) electrons. The molecule has 0 aromatic carbocycles. The van der Waals surface area contributed by atoms with Crippen molar-refractivity contribution in [3.63, 3.8) is 0 Å². The van der Waals surface area contributed by atoms with E-state index in [0.29, 0.717) is 17.8 Å². The number of rotatable bonds is 2. The summed E-state index contributed by atoms with van der Waals surface area (Å²) >= 11 is 0. The molecule has 0 bridgehead atoms. The number of aliphatic hydroxyl groups is 3. The van der Waals surface area contributed by atoms with E-state index in [2.05, 4.69) is 27.7 Å². The zero-order chi connectivity index (χ0) is 21.4. The van der Waals surface area contributed by atoms with E-state index in [1.807, 2.05) is 0 Å². The van der Waals surface area contributed by atoms with E-state index in [9.17, 15) is 4.79 Å². The summed E-state index contributed by atoms with van der Waals surface area (Å²) in [6, 6.07) is 0. The van der Waals surface area contributed by atoms with Gasteiger partial charge in [-0.3, -0.25) is 11.7 Å². The van der Waals surface area contributed by atoms with Gasteiger partial charge in [-0.15, -0.1) is 0 Å². The average molecular weight is 425 g/mol. The molecule has 0 amide bonds. The predicted molar refractivity (Wildman–Crippen MR) is 109 cm³/mol. The minimum Gasteiger partial charge on any atom is -0.485 e. The van der Waals surface area contributed by atoms with Gasteiger partial charge in [0.2, 0.25) is 0 Å². The van der Waals surface area contributed by atoms with Crippen LogP contribution in [0, 0.1) is 24.7 Å². The van der Waals surface area contributed by atoms with Crippen LogP contribution in [0.2, 0.25) is 0 Å². The SMILES string of the molecule is CC(C)O.CC(C)O.CC(C)O.[CH2-]C(=O)O[C@H]1C[C@@H](C)CC[C@@H]1C(C)C.[Ti]. The maximum atomic E-state index is 10.9. The van der Waals surface area contributed by atoms with Crippen LogP contribution in [0.1, 0.15) is 81.6 Å². The monoisotopic (exact) mass is 425 g/mol. The standard InChI is InChI=1S/C12H21O2.3C3H8O.Ti/c1-8(2)11-6-5-9(3)7-12(11)14-10(4)13;3*1-3(2)4;/h8-9,11-12H,4-7H2,1-3H3;3*3-4H,1-2H3;/q-1;;;;/t9-,11+,12-;;;;/m0..../s1. The fraction of sp³-hybridized carbons (Fsp3) is 0.905. The Bertz CT molecular complexity index is 297. The molecule has 1 aliphatic carbocycles. The Kier molecular flexibility index (Phi) is 26.4. The van der Waals surface area contributed by atoms with E-state index in [-0.39, 0.29) is 52.1 Å². The summed E-state index contributed by atoms with van der Waals surface area (Å²) < 4.78 is 5.29. The van der Waals surface area contributed by atoms with E-state index in [4.69, 9.17) is 20.1 Å². The quantitative estimate of drug-likeness (QED) is 0.354. The maximum Gasteiger partial charge on any atom is 0.164 e. The van der Waals surface area contributed by atoms with Crippen LogP contribution in [0.5, 0.6) is 0 Å². The molecular formula is C21H45O5Ti-. The van der Waals surface area contributed by atoms with Crippen molar-refractivity contribution < 1.29 is 46.6 Å². The molecule has 1 rings (SSSR count). The van der Waals surface area contributed by atoms with Gasteiger partial charge >= 0.3 is 0 Å². The van der Waals surface area contributed by atoms with Crippen molar-refractivity contribution in [2.45, 2.75) is 106 Å². The van der Waals surface area contributed by atoms with Gasteiger partial charge < -0.3 is 20.1 Å². The van der Waals surface area contributed by atoms with Crippen molar-refractivity contribution in [3.8, 4) is 0 Å². The molecule has 27 heavy (non-hydrogen) atoms. The third kappa shape index (κ3) is 33.9. The minimum absolute atomic E-state index is 0. The molecule has 1 saturated carbocycles. The van der Waals surface area contributed by atoms with Crippen LogP contribution in [-0.2, 0) is 31.2 Å². The fourth-order valence-corrected chi connectivity index (χ4v) is 2.42. The molecule has 0 heterocycles. The van der Waals surface area contributed by atoms with Crippen LogP contribution in [0.25, 0.3) is 0 Å².